The van der Waals surface area contributed by atoms with Gasteiger partial charge < -0.3 is 5.43 Å². The molecule has 2 aromatic carbocycles. The van der Waals surface area contributed by atoms with Crippen LogP contribution in [0.25, 0.3) is 22.4 Å². The number of halogens is 3. The first kappa shape index (κ1) is 24.9. The van der Waals surface area contributed by atoms with Crippen LogP contribution in [0.1, 0.15) is 5.82 Å². The van der Waals surface area contributed by atoms with Crippen molar-refractivity contribution in [3.8, 4) is 22.4 Å². The predicted molar refractivity (Wildman–Crippen MR) is 116 cm³/mol. The number of benzene rings is 2. The Hall–Kier alpha value is -2.75. The number of nitrogens with zero attached hydrogens (tertiary/aromatic N) is 2. The number of anilines is 1. The van der Waals surface area contributed by atoms with E-state index in [-0.39, 0.29) is 22.0 Å². The first-order valence-electron chi connectivity index (χ1n) is 9.08. The number of alkyl halides is 3. The van der Waals surface area contributed by atoms with Gasteiger partial charge in [-0.1, -0.05) is 24.3 Å². The zero-order valence-corrected chi connectivity index (χ0v) is 18.8. The van der Waals surface area contributed by atoms with E-state index in [4.69, 9.17) is 10.2 Å². The van der Waals surface area contributed by atoms with Gasteiger partial charge in [0.1, 0.15) is 0 Å². The minimum atomic E-state index is -4.83. The highest BCUT2D eigenvalue weighted by Gasteiger charge is 2.36. The first-order chi connectivity index (χ1) is 15.6. The highest BCUT2D eigenvalue weighted by molar-refractivity contribution is 7.94. The van der Waals surface area contributed by atoms with Gasteiger partial charge in [0.2, 0.25) is 15.8 Å². The molecule has 0 fully saturated rings. The van der Waals surface area contributed by atoms with Crippen LogP contribution in [0.5, 0.6) is 0 Å². The Labute approximate surface area is 191 Å². The summed E-state index contributed by atoms with van der Waals surface area (Å²) in [5.41, 5.74) is 2.98. The number of nitrogen functional groups attached to an aromatic ring is 1. The average Bonchev–Trinajstić information content (AvgIpc) is 2.81. The van der Waals surface area contributed by atoms with Crippen LogP contribution in [0.4, 0.5) is 19.0 Å². The molecule has 3 aromatic rings. The number of rotatable bonds is 8. The predicted octanol–water partition coefficient (Wildman–Crippen LogP) is 3.61. The lowest BCUT2D eigenvalue weighted by atomic mass is 9.99. The summed E-state index contributed by atoms with van der Waals surface area (Å²) in [6, 6.07) is 11.8. The van der Waals surface area contributed by atoms with Gasteiger partial charge in [-0.25, -0.2) is 33.8 Å². The molecule has 0 aliphatic heterocycles. The number of hydrogen-bond donors (Lipinski definition) is 3. The van der Waals surface area contributed by atoms with Crippen LogP contribution < -0.4 is 16.0 Å². The fraction of sp³-hybridized carbons (Fsp3) is 0.158. The third kappa shape index (κ3) is 5.61. The largest absolute Gasteiger partial charge is 0.451 e. The topological polar surface area (TPSA) is 128 Å². The van der Waals surface area contributed by atoms with Crippen molar-refractivity contribution >= 4 is 27.9 Å². The molecule has 0 saturated heterocycles. The molecule has 0 unspecified atom stereocenters. The van der Waals surface area contributed by atoms with Gasteiger partial charge in [-0.3, -0.25) is 0 Å². The van der Waals surface area contributed by atoms with E-state index in [1.807, 2.05) is 0 Å². The molecule has 0 saturated carbocycles. The Bertz CT molecular complexity index is 1220. The van der Waals surface area contributed by atoms with Gasteiger partial charge in [0.05, 0.1) is 35.3 Å². The van der Waals surface area contributed by atoms with Crippen molar-refractivity contribution in [1.82, 2.24) is 14.7 Å². The fourth-order valence-electron chi connectivity index (χ4n) is 2.83. The highest BCUT2D eigenvalue weighted by atomic mass is 32.2. The van der Waals surface area contributed by atoms with Gasteiger partial charge >= 0.3 is 6.18 Å². The van der Waals surface area contributed by atoms with Crippen molar-refractivity contribution in [2.45, 2.75) is 16.0 Å². The van der Waals surface area contributed by atoms with Crippen LogP contribution in [-0.4, -0.2) is 32.5 Å². The minimum Gasteiger partial charge on any atom is -0.308 e. The average molecular weight is 502 g/mol. The van der Waals surface area contributed by atoms with Crippen molar-refractivity contribution in [1.29, 1.82) is 0 Å². The third-order valence-corrected chi connectivity index (χ3v) is 6.45. The van der Waals surface area contributed by atoms with E-state index in [2.05, 4.69) is 25.0 Å². The van der Waals surface area contributed by atoms with Crippen LogP contribution >= 0.6 is 12.0 Å². The van der Waals surface area contributed by atoms with Crippen molar-refractivity contribution in [2.24, 2.45) is 5.84 Å². The molecule has 14 heteroatoms. The summed E-state index contributed by atoms with van der Waals surface area (Å²) >= 11 is 0.916. The monoisotopic (exact) mass is 501 g/mol. The van der Waals surface area contributed by atoms with Crippen LogP contribution in [0, 0.1) is 0 Å². The number of hydrazine groups is 1. The molecule has 0 amide bonds. The fourth-order valence-corrected chi connectivity index (χ4v) is 3.96. The maximum Gasteiger partial charge on any atom is 0.451 e. The van der Waals surface area contributed by atoms with Crippen molar-refractivity contribution < 1.29 is 30.8 Å². The molecular weight excluding hydrogens is 483 g/mol. The summed E-state index contributed by atoms with van der Waals surface area (Å²) in [4.78, 5) is 12.4. The molecule has 0 bridgehead atoms. The Morgan fingerprint density at radius 3 is 2.12 bits per heavy atom. The molecule has 0 spiro atoms. The second-order valence-corrected chi connectivity index (χ2v) is 9.00. The van der Waals surface area contributed by atoms with Crippen molar-refractivity contribution in [3.05, 3.63) is 54.4 Å². The molecule has 0 aliphatic carbocycles. The normalized spacial score (nSPS) is 12.1. The van der Waals surface area contributed by atoms with E-state index in [1.165, 1.54) is 38.4 Å². The Kier molecular flexibility index (Phi) is 7.56. The van der Waals surface area contributed by atoms with Crippen LogP contribution in [-0.2, 0) is 25.4 Å². The number of sulfonamides is 1. The maximum atomic E-state index is 13.5. The Morgan fingerprint density at radius 2 is 1.61 bits per heavy atom. The van der Waals surface area contributed by atoms with Crippen LogP contribution in [0.15, 0.2) is 58.3 Å². The molecule has 0 radical (unpaired) electrons. The number of nitrogens with two attached hydrogens (primary N) is 1. The lowest BCUT2D eigenvalue weighted by Gasteiger charge is -2.17. The van der Waals surface area contributed by atoms with E-state index < -0.39 is 22.0 Å². The SMILES string of the molecule is CNS(=O)(=O)c1ccc(-c2c(NN)nc(C(F)(F)F)nc2-c2ccc(SOOC)cc2)cc1. The van der Waals surface area contributed by atoms with Gasteiger partial charge in [0.15, 0.2) is 5.82 Å². The molecule has 33 heavy (non-hydrogen) atoms. The minimum absolute atomic E-state index is 0.0232. The van der Waals surface area contributed by atoms with Crippen LogP contribution in [0.2, 0.25) is 0 Å². The smallest absolute Gasteiger partial charge is 0.308 e. The molecule has 1 aromatic heterocycles. The van der Waals surface area contributed by atoms with E-state index in [0.717, 1.165) is 12.0 Å². The number of aromatic nitrogens is 2. The summed E-state index contributed by atoms with van der Waals surface area (Å²) in [6.45, 7) is 0. The summed E-state index contributed by atoms with van der Waals surface area (Å²) in [7, 11) is -1.11. The van der Waals surface area contributed by atoms with Crippen molar-refractivity contribution in [2.75, 3.05) is 19.6 Å². The first-order valence-corrected chi connectivity index (χ1v) is 11.3. The zero-order valence-electron chi connectivity index (χ0n) is 17.2. The number of nitrogens with one attached hydrogen (secondary N) is 2. The van der Waals surface area contributed by atoms with Crippen molar-refractivity contribution in [3.63, 3.8) is 0 Å². The molecular formula is C19H18F3N5O4S2. The van der Waals surface area contributed by atoms with E-state index in [9.17, 15) is 21.6 Å². The zero-order chi connectivity index (χ0) is 24.2. The Morgan fingerprint density at radius 1 is 1.00 bits per heavy atom. The second-order valence-electron chi connectivity index (χ2n) is 6.34. The summed E-state index contributed by atoms with van der Waals surface area (Å²) in [5, 5.41) is 0. The van der Waals surface area contributed by atoms with Gasteiger partial charge in [0.25, 0.3) is 0 Å². The van der Waals surface area contributed by atoms with Crippen LogP contribution in [0.3, 0.4) is 0 Å². The lowest BCUT2D eigenvalue weighted by molar-refractivity contribution is -0.160. The lowest BCUT2D eigenvalue weighted by Crippen LogP contribution is -2.19. The molecule has 1 heterocycles. The van der Waals surface area contributed by atoms with E-state index in [0.29, 0.717) is 16.0 Å². The molecule has 9 nitrogen and oxygen atoms in total. The molecule has 0 aliphatic rings. The van der Waals surface area contributed by atoms with E-state index in [1.54, 1.807) is 24.3 Å². The molecule has 4 N–H and O–H groups in total. The van der Waals surface area contributed by atoms with Gasteiger partial charge in [0, 0.05) is 10.5 Å². The summed E-state index contributed by atoms with van der Waals surface area (Å²) in [6.07, 6.45) is -4.83. The van der Waals surface area contributed by atoms with Gasteiger partial charge in [-0.2, -0.15) is 17.5 Å². The second kappa shape index (κ2) is 10.0. The Balaban J connectivity index is 2.20. The molecule has 3 rings (SSSR count). The quantitative estimate of drug-likeness (QED) is 0.183. The van der Waals surface area contributed by atoms with Gasteiger partial charge in [-0.15, -0.1) is 0 Å². The van der Waals surface area contributed by atoms with Gasteiger partial charge in [-0.05, 0) is 36.9 Å². The summed E-state index contributed by atoms with van der Waals surface area (Å²) < 4.78 is 71.4. The standard InChI is InChI=1S/C19H18F3N5O4S2/c1-24-33(28,29)14-9-5-11(6-10-14)15-16(12-3-7-13(8-4-12)32-31-30-2)25-18(19(20,21)22)26-17(15)27-23/h3-10,24H,23H2,1-2H3,(H,25,26,27). The third-order valence-electron chi connectivity index (χ3n) is 4.35. The van der Waals surface area contributed by atoms with E-state index >= 15 is 0 Å². The molecule has 0 atom stereocenters. The summed E-state index contributed by atoms with van der Waals surface area (Å²) in [5.74, 6) is 3.84. The highest BCUT2D eigenvalue weighted by Crippen LogP contribution is 2.39. The number of hydrogen-bond acceptors (Lipinski definition) is 9. The molecule has 176 valence electrons. The maximum absolute atomic E-state index is 13.5.